The standard InChI is InChI=1S/C18H18N4O3S2/c1-27(24,25)22-5-4-15-14(10-22)6-12(8-19-15)9-20-18(23)13-2-3-17-16(7-13)21-11-26-17/h2-3,6-8,11H,4-5,9-10H2,1H3,(H,20,23). The lowest BCUT2D eigenvalue weighted by molar-refractivity contribution is 0.0951. The Balaban J connectivity index is 1.46. The minimum atomic E-state index is -3.23. The average Bonchev–Trinajstić information content (AvgIpc) is 3.12. The van der Waals surface area contributed by atoms with Gasteiger partial charge in [0.1, 0.15) is 0 Å². The maximum Gasteiger partial charge on any atom is 0.251 e. The molecular weight excluding hydrogens is 384 g/mol. The van der Waals surface area contributed by atoms with Gasteiger partial charge in [0.15, 0.2) is 0 Å². The molecule has 0 spiro atoms. The Morgan fingerprint density at radius 1 is 1.30 bits per heavy atom. The Bertz CT molecular complexity index is 1120. The third-order valence-corrected chi connectivity index (χ3v) is 6.64. The van der Waals surface area contributed by atoms with Crippen molar-refractivity contribution in [3.8, 4) is 0 Å². The molecule has 0 aliphatic carbocycles. The van der Waals surface area contributed by atoms with Crippen molar-refractivity contribution in [1.29, 1.82) is 0 Å². The number of pyridine rings is 1. The van der Waals surface area contributed by atoms with E-state index in [1.807, 2.05) is 12.1 Å². The van der Waals surface area contributed by atoms with Crippen LogP contribution in [-0.4, -0.2) is 41.4 Å². The zero-order chi connectivity index (χ0) is 19.0. The Labute approximate surface area is 161 Å². The highest BCUT2D eigenvalue weighted by Crippen LogP contribution is 2.21. The number of hydrogen-bond acceptors (Lipinski definition) is 6. The summed E-state index contributed by atoms with van der Waals surface area (Å²) in [6.07, 6.45) is 3.55. The summed E-state index contributed by atoms with van der Waals surface area (Å²) in [7, 11) is -3.23. The van der Waals surface area contributed by atoms with Crippen LogP contribution in [0.4, 0.5) is 0 Å². The number of carbonyl (C=O) groups excluding carboxylic acids is 1. The predicted octanol–water partition coefficient (Wildman–Crippen LogP) is 1.94. The van der Waals surface area contributed by atoms with Gasteiger partial charge in [0.25, 0.3) is 5.91 Å². The molecular formula is C18H18N4O3S2. The highest BCUT2D eigenvalue weighted by atomic mass is 32.2. The maximum atomic E-state index is 12.4. The number of aromatic nitrogens is 2. The maximum absolute atomic E-state index is 12.4. The van der Waals surface area contributed by atoms with Crippen molar-refractivity contribution in [2.45, 2.75) is 19.5 Å². The number of sulfonamides is 1. The van der Waals surface area contributed by atoms with E-state index in [0.717, 1.165) is 27.0 Å². The number of carbonyl (C=O) groups is 1. The van der Waals surface area contributed by atoms with E-state index in [0.29, 0.717) is 31.6 Å². The third kappa shape index (κ3) is 3.85. The molecule has 0 unspecified atom stereocenters. The van der Waals surface area contributed by atoms with Crippen molar-refractivity contribution in [2.24, 2.45) is 0 Å². The van der Waals surface area contributed by atoms with Gasteiger partial charge in [-0.3, -0.25) is 9.78 Å². The van der Waals surface area contributed by atoms with E-state index < -0.39 is 10.0 Å². The number of nitrogens with one attached hydrogen (secondary N) is 1. The first-order chi connectivity index (χ1) is 12.9. The van der Waals surface area contributed by atoms with E-state index in [-0.39, 0.29) is 5.91 Å². The van der Waals surface area contributed by atoms with Crippen LogP contribution in [0.2, 0.25) is 0 Å². The van der Waals surface area contributed by atoms with E-state index >= 15 is 0 Å². The second-order valence-electron chi connectivity index (χ2n) is 6.51. The first kappa shape index (κ1) is 18.0. The van der Waals surface area contributed by atoms with Crippen LogP contribution in [0.5, 0.6) is 0 Å². The SMILES string of the molecule is CS(=O)(=O)N1CCc2ncc(CNC(=O)c3ccc4scnc4c3)cc2C1. The number of fused-ring (bicyclic) bond motifs is 2. The number of benzene rings is 1. The number of rotatable bonds is 4. The lowest BCUT2D eigenvalue weighted by Crippen LogP contribution is -2.35. The number of nitrogens with zero attached hydrogens (tertiary/aromatic N) is 3. The fraction of sp³-hybridized carbons (Fsp3) is 0.278. The van der Waals surface area contributed by atoms with Crippen LogP contribution in [0.15, 0.2) is 36.0 Å². The van der Waals surface area contributed by atoms with E-state index in [4.69, 9.17) is 0 Å². The second kappa shape index (κ2) is 6.99. The van der Waals surface area contributed by atoms with E-state index in [1.165, 1.54) is 21.9 Å². The fourth-order valence-electron chi connectivity index (χ4n) is 3.11. The molecule has 7 nitrogen and oxygen atoms in total. The van der Waals surface area contributed by atoms with Gasteiger partial charge in [0, 0.05) is 43.5 Å². The molecule has 27 heavy (non-hydrogen) atoms. The zero-order valence-corrected chi connectivity index (χ0v) is 16.3. The molecule has 1 aliphatic heterocycles. The van der Waals surface area contributed by atoms with Gasteiger partial charge in [-0.2, -0.15) is 4.31 Å². The van der Waals surface area contributed by atoms with Crippen LogP contribution in [-0.2, 0) is 29.5 Å². The summed E-state index contributed by atoms with van der Waals surface area (Å²) in [5.41, 5.74) is 5.77. The van der Waals surface area contributed by atoms with Crippen molar-refractivity contribution < 1.29 is 13.2 Å². The molecule has 140 valence electrons. The van der Waals surface area contributed by atoms with E-state index in [2.05, 4.69) is 15.3 Å². The zero-order valence-electron chi connectivity index (χ0n) is 14.7. The highest BCUT2D eigenvalue weighted by molar-refractivity contribution is 7.88. The molecule has 2 aromatic heterocycles. The van der Waals surface area contributed by atoms with Crippen molar-refractivity contribution in [2.75, 3.05) is 12.8 Å². The quantitative estimate of drug-likeness (QED) is 0.720. The van der Waals surface area contributed by atoms with Crippen molar-refractivity contribution >= 4 is 37.5 Å². The van der Waals surface area contributed by atoms with Gasteiger partial charge in [0.2, 0.25) is 10.0 Å². The van der Waals surface area contributed by atoms with Gasteiger partial charge in [-0.15, -0.1) is 11.3 Å². The van der Waals surface area contributed by atoms with E-state index in [9.17, 15) is 13.2 Å². The third-order valence-electron chi connectivity index (χ3n) is 4.58. The van der Waals surface area contributed by atoms with Crippen LogP contribution in [0.25, 0.3) is 10.2 Å². The molecule has 0 saturated carbocycles. The topological polar surface area (TPSA) is 92.3 Å². The Kier molecular flexibility index (Phi) is 4.67. The minimum absolute atomic E-state index is 0.180. The summed E-state index contributed by atoms with van der Waals surface area (Å²) in [5, 5.41) is 2.89. The predicted molar refractivity (Wildman–Crippen MR) is 104 cm³/mol. The average molecular weight is 403 g/mol. The number of amides is 1. The minimum Gasteiger partial charge on any atom is -0.348 e. The summed E-state index contributed by atoms with van der Waals surface area (Å²) in [5.74, 6) is -0.180. The van der Waals surface area contributed by atoms with Gasteiger partial charge < -0.3 is 5.32 Å². The Morgan fingerprint density at radius 2 is 2.15 bits per heavy atom. The van der Waals surface area contributed by atoms with Crippen LogP contribution in [0, 0.1) is 0 Å². The molecule has 1 N–H and O–H groups in total. The van der Waals surface area contributed by atoms with Crippen molar-refractivity contribution in [3.05, 3.63) is 58.4 Å². The van der Waals surface area contributed by atoms with Crippen molar-refractivity contribution in [1.82, 2.24) is 19.6 Å². The lowest BCUT2D eigenvalue weighted by atomic mass is 10.1. The normalized spacial score (nSPS) is 14.9. The molecule has 0 radical (unpaired) electrons. The van der Waals surface area contributed by atoms with Crippen molar-refractivity contribution in [3.63, 3.8) is 0 Å². The molecule has 0 atom stereocenters. The van der Waals surface area contributed by atoms with Crippen LogP contribution in [0.1, 0.15) is 27.2 Å². The molecule has 1 aliphatic rings. The monoisotopic (exact) mass is 402 g/mol. The molecule has 0 fully saturated rings. The first-order valence-electron chi connectivity index (χ1n) is 8.43. The van der Waals surface area contributed by atoms with Gasteiger partial charge in [-0.1, -0.05) is 0 Å². The second-order valence-corrected chi connectivity index (χ2v) is 9.38. The Hall–Kier alpha value is -2.36. The van der Waals surface area contributed by atoms with Gasteiger partial charge in [0.05, 0.1) is 22.0 Å². The van der Waals surface area contributed by atoms with Crippen LogP contribution >= 0.6 is 11.3 Å². The molecule has 1 aromatic carbocycles. The molecule has 4 rings (SSSR count). The van der Waals surface area contributed by atoms with Gasteiger partial charge >= 0.3 is 0 Å². The smallest absolute Gasteiger partial charge is 0.251 e. The van der Waals surface area contributed by atoms with Crippen LogP contribution in [0.3, 0.4) is 0 Å². The molecule has 9 heteroatoms. The summed E-state index contributed by atoms with van der Waals surface area (Å²) in [6, 6.07) is 7.37. The largest absolute Gasteiger partial charge is 0.348 e. The summed E-state index contributed by atoms with van der Waals surface area (Å²) >= 11 is 1.53. The molecule has 0 bridgehead atoms. The highest BCUT2D eigenvalue weighted by Gasteiger charge is 2.24. The lowest BCUT2D eigenvalue weighted by Gasteiger charge is -2.26. The fourth-order valence-corrected chi connectivity index (χ4v) is 4.57. The van der Waals surface area contributed by atoms with Gasteiger partial charge in [-0.25, -0.2) is 13.4 Å². The molecule has 3 aromatic rings. The van der Waals surface area contributed by atoms with Crippen LogP contribution < -0.4 is 5.32 Å². The number of hydrogen-bond donors (Lipinski definition) is 1. The Morgan fingerprint density at radius 3 is 2.96 bits per heavy atom. The molecule has 1 amide bonds. The number of thiazole rings is 1. The van der Waals surface area contributed by atoms with Gasteiger partial charge in [-0.05, 0) is 35.4 Å². The van der Waals surface area contributed by atoms with E-state index in [1.54, 1.807) is 23.8 Å². The first-order valence-corrected chi connectivity index (χ1v) is 11.2. The summed E-state index contributed by atoms with van der Waals surface area (Å²) in [4.78, 5) is 21.1. The summed E-state index contributed by atoms with van der Waals surface area (Å²) in [6.45, 7) is 1.10. The molecule has 0 saturated heterocycles. The molecule has 3 heterocycles. The summed E-state index contributed by atoms with van der Waals surface area (Å²) < 4.78 is 26.0.